The van der Waals surface area contributed by atoms with Gasteiger partial charge in [0.05, 0.1) is 12.1 Å². The lowest BCUT2D eigenvalue weighted by Gasteiger charge is -2.19. The summed E-state index contributed by atoms with van der Waals surface area (Å²) in [7, 11) is -2.54. The molecule has 2 aliphatic rings. The molecule has 17 heteroatoms. The van der Waals surface area contributed by atoms with Crippen molar-refractivity contribution in [1.82, 2.24) is 31.9 Å². The summed E-state index contributed by atoms with van der Waals surface area (Å²) >= 11 is 1.88. The van der Waals surface area contributed by atoms with Crippen LogP contribution in [0.25, 0.3) is 0 Å². The number of fused-ring (bicyclic) bond motifs is 1. The third kappa shape index (κ3) is 15.8. The molecule has 0 spiro atoms. The Bertz CT molecular complexity index is 1750. The van der Waals surface area contributed by atoms with Gasteiger partial charge in [0.1, 0.15) is 6.04 Å². The molecule has 4 atom stereocenters. The van der Waals surface area contributed by atoms with Crippen LogP contribution in [0.4, 0.5) is 4.79 Å². The molecular formula is C39H54N6O8S3. The van der Waals surface area contributed by atoms with E-state index in [-0.39, 0.29) is 53.6 Å². The predicted molar refractivity (Wildman–Crippen MR) is 220 cm³/mol. The monoisotopic (exact) mass is 830 g/mol. The van der Waals surface area contributed by atoms with Gasteiger partial charge in [0.25, 0.3) is 5.91 Å². The molecule has 0 bridgehead atoms. The van der Waals surface area contributed by atoms with Crippen molar-refractivity contribution in [2.75, 3.05) is 37.4 Å². The topological polar surface area (TPSA) is 209 Å². The van der Waals surface area contributed by atoms with Crippen LogP contribution in [0.15, 0.2) is 54.6 Å². The average Bonchev–Trinajstić information content (AvgIpc) is 3.74. The molecule has 0 aliphatic carbocycles. The Morgan fingerprint density at radius 2 is 1.39 bits per heavy atom. The summed E-state index contributed by atoms with van der Waals surface area (Å²) in [6, 6.07) is 14.4. The van der Waals surface area contributed by atoms with Crippen molar-refractivity contribution in [1.29, 1.82) is 0 Å². The lowest BCUT2D eigenvalue weighted by Crippen LogP contribution is -2.47. The van der Waals surface area contributed by atoms with E-state index in [1.54, 1.807) is 36.4 Å². The Balaban J connectivity index is 1.08. The number of unbranched alkanes of at least 4 members (excludes halogenated alkanes) is 4. The predicted octanol–water partition coefficient (Wildman–Crippen LogP) is 3.51. The molecule has 2 aliphatic heterocycles. The molecule has 6 N–H and O–H groups in total. The Labute approximate surface area is 337 Å². The molecule has 0 saturated carbocycles. The first-order chi connectivity index (χ1) is 26.9. The van der Waals surface area contributed by atoms with Crippen LogP contribution in [0, 0.1) is 0 Å². The van der Waals surface area contributed by atoms with E-state index in [2.05, 4.69) is 31.9 Å². The molecule has 2 fully saturated rings. The minimum atomic E-state index is -3.26. The van der Waals surface area contributed by atoms with Crippen LogP contribution in [-0.2, 0) is 23.3 Å². The first kappa shape index (κ1) is 44.6. The fraction of sp³-hybridized carbons (Fsp3) is 0.538. The van der Waals surface area contributed by atoms with Crippen LogP contribution in [-0.4, -0.2) is 105 Å². The summed E-state index contributed by atoms with van der Waals surface area (Å²) in [5.41, 5.74) is 1.23. The number of nitrogens with one attached hydrogen (secondary N) is 6. The van der Waals surface area contributed by atoms with Gasteiger partial charge in [-0.1, -0.05) is 55.3 Å². The van der Waals surface area contributed by atoms with Crippen molar-refractivity contribution in [2.45, 2.75) is 94.0 Å². The highest BCUT2D eigenvalue weighted by Crippen LogP contribution is 2.33. The number of benzene rings is 2. The van der Waals surface area contributed by atoms with Crippen molar-refractivity contribution in [3.8, 4) is 0 Å². The molecule has 2 unspecified atom stereocenters. The van der Waals surface area contributed by atoms with Crippen molar-refractivity contribution in [2.24, 2.45) is 0 Å². The molecule has 0 aromatic heterocycles. The fourth-order valence-electron chi connectivity index (χ4n) is 6.50. The first-order valence-corrected chi connectivity index (χ1v) is 23.7. The number of urea groups is 1. The maximum absolute atomic E-state index is 13.1. The Morgan fingerprint density at radius 1 is 0.768 bits per heavy atom. The maximum Gasteiger partial charge on any atom is 0.315 e. The van der Waals surface area contributed by atoms with Crippen LogP contribution in [0.5, 0.6) is 0 Å². The molecule has 56 heavy (non-hydrogen) atoms. The van der Waals surface area contributed by atoms with Gasteiger partial charge >= 0.3 is 6.03 Å². The molecule has 2 heterocycles. The summed E-state index contributed by atoms with van der Waals surface area (Å²) in [6.07, 6.45) is 8.35. The highest BCUT2D eigenvalue weighted by atomic mass is 33.1. The molecule has 2 saturated heterocycles. The molecule has 14 nitrogen and oxygen atoms in total. The number of hydrogen-bond acceptors (Lipinski definition) is 10. The van der Waals surface area contributed by atoms with Crippen molar-refractivity contribution < 1.29 is 37.2 Å². The summed E-state index contributed by atoms with van der Waals surface area (Å²) in [4.78, 5) is 75.1. The second-order valence-electron chi connectivity index (χ2n) is 14.0. The molecule has 6 amide bonds. The SMILES string of the molecule is CS(=O)(=O)SCCNC(=O)[C@H](CCCCNC(=O)CCCCCNC(=O)CCCC[C@@H]1SCC2NC(=O)NC21)NC(=O)c1ccc(C(=O)c2ccccc2)cc1. The number of hydrogen-bond donors (Lipinski definition) is 6. The van der Waals surface area contributed by atoms with E-state index in [1.807, 2.05) is 17.8 Å². The molecule has 0 radical (unpaired) electrons. The van der Waals surface area contributed by atoms with Crippen LogP contribution >= 0.6 is 22.6 Å². The van der Waals surface area contributed by atoms with Gasteiger partial charge in [-0.3, -0.25) is 24.0 Å². The van der Waals surface area contributed by atoms with E-state index in [4.69, 9.17) is 0 Å². The Kier molecular flexibility index (Phi) is 18.5. The lowest BCUT2D eigenvalue weighted by atomic mass is 10.0. The van der Waals surface area contributed by atoms with Crippen LogP contribution < -0.4 is 31.9 Å². The normalized spacial score (nSPS) is 17.9. The number of carbonyl (C=O) groups is 6. The number of ketones is 1. The van der Waals surface area contributed by atoms with E-state index in [1.165, 1.54) is 12.1 Å². The quantitative estimate of drug-likeness (QED) is 0.0372. The average molecular weight is 831 g/mol. The number of carbonyl (C=O) groups excluding carboxylic acids is 6. The highest BCUT2D eigenvalue weighted by Gasteiger charge is 2.42. The minimum Gasteiger partial charge on any atom is -0.356 e. The summed E-state index contributed by atoms with van der Waals surface area (Å²) in [5, 5.41) is 17.7. The Morgan fingerprint density at radius 3 is 2.07 bits per heavy atom. The van der Waals surface area contributed by atoms with Gasteiger partial charge in [-0.15, -0.1) is 0 Å². The number of amides is 6. The second kappa shape index (κ2) is 23.2. The van der Waals surface area contributed by atoms with Crippen molar-refractivity contribution in [3.63, 3.8) is 0 Å². The van der Waals surface area contributed by atoms with E-state index in [0.29, 0.717) is 68.0 Å². The summed E-state index contributed by atoms with van der Waals surface area (Å²) in [6.45, 7) is 1.08. The van der Waals surface area contributed by atoms with Crippen molar-refractivity contribution in [3.05, 3.63) is 71.3 Å². The van der Waals surface area contributed by atoms with Gasteiger partial charge in [-0.2, -0.15) is 11.8 Å². The zero-order chi connectivity index (χ0) is 40.3. The van der Waals surface area contributed by atoms with Crippen LogP contribution in [0.3, 0.4) is 0 Å². The largest absolute Gasteiger partial charge is 0.356 e. The van der Waals surface area contributed by atoms with E-state index < -0.39 is 26.7 Å². The standard InChI is InChI=1S/C39H54N6O8S3/c1-56(52,53)55-25-24-42-38(50)30(43-37(49)29-20-18-28(19-21-29)36(48)27-12-4-2-5-13-27)14-9-11-23-41-33(46)16-6-3-10-22-40-34(47)17-8-7-15-32-35-31(26-54-32)44-39(51)45-35/h2,4-5,12-13,18-21,30-32,35H,3,6-11,14-17,22-26H2,1H3,(H,40,47)(H,41,46)(H,42,50)(H,43,49)(H2,44,45,51)/t30-,31?,32-,35?/m0/s1. The third-order valence-electron chi connectivity index (χ3n) is 9.49. The minimum absolute atomic E-state index is 0.0339. The van der Waals surface area contributed by atoms with Gasteiger partial charge < -0.3 is 31.9 Å². The molecule has 4 rings (SSSR count). The van der Waals surface area contributed by atoms with Crippen LogP contribution in [0.1, 0.15) is 96.9 Å². The van der Waals surface area contributed by atoms with Crippen LogP contribution in [0.2, 0.25) is 0 Å². The van der Waals surface area contributed by atoms with Crippen molar-refractivity contribution >= 4 is 66.9 Å². The fourth-order valence-corrected chi connectivity index (χ4v) is 9.69. The zero-order valence-corrected chi connectivity index (χ0v) is 34.3. The molecule has 306 valence electrons. The second-order valence-corrected chi connectivity index (χ2v) is 19.8. The van der Waals surface area contributed by atoms with Gasteiger partial charge in [-0.05, 0) is 67.9 Å². The smallest absolute Gasteiger partial charge is 0.315 e. The van der Waals surface area contributed by atoms with E-state index in [0.717, 1.165) is 54.9 Å². The van der Waals surface area contributed by atoms with E-state index >= 15 is 0 Å². The summed E-state index contributed by atoms with van der Waals surface area (Å²) < 4.78 is 22.9. The molecule has 2 aromatic carbocycles. The first-order valence-electron chi connectivity index (χ1n) is 19.2. The maximum atomic E-state index is 13.1. The number of thioether (sulfide) groups is 1. The number of rotatable bonds is 25. The summed E-state index contributed by atoms with van der Waals surface area (Å²) in [5.74, 6) is -0.0634. The van der Waals surface area contributed by atoms with Gasteiger partial charge in [-0.25, -0.2) is 13.2 Å². The zero-order valence-electron chi connectivity index (χ0n) is 31.8. The molecular weight excluding hydrogens is 777 g/mol. The molecule has 2 aromatic rings. The highest BCUT2D eigenvalue weighted by molar-refractivity contribution is 8.71. The lowest BCUT2D eigenvalue weighted by molar-refractivity contribution is -0.123. The third-order valence-corrected chi connectivity index (χ3v) is 13.6. The van der Waals surface area contributed by atoms with Gasteiger partial charge in [0, 0.05) is 72.2 Å². The van der Waals surface area contributed by atoms with E-state index in [9.17, 15) is 37.2 Å². The van der Waals surface area contributed by atoms with Gasteiger partial charge in [0.2, 0.25) is 17.7 Å². The Hall–Kier alpha value is -4.09. The van der Waals surface area contributed by atoms with Gasteiger partial charge in [0.15, 0.2) is 14.7 Å².